The van der Waals surface area contributed by atoms with Gasteiger partial charge in [0.15, 0.2) is 0 Å². The van der Waals surface area contributed by atoms with Crippen molar-refractivity contribution in [2.75, 3.05) is 0 Å². The van der Waals surface area contributed by atoms with E-state index in [0.29, 0.717) is 16.7 Å². The van der Waals surface area contributed by atoms with E-state index in [4.69, 9.17) is 33.7 Å². The smallest absolute Gasteiger partial charge is 0.124 e. The number of nitrogens with two attached hydrogens (primary N) is 1. The van der Waals surface area contributed by atoms with Gasteiger partial charge in [-0.1, -0.05) is 47.0 Å². The Morgan fingerprint density at radius 2 is 1.90 bits per heavy atom. The molecule has 2 aromatic rings. The Kier molecular flexibility index (Phi) is 4.92. The van der Waals surface area contributed by atoms with E-state index >= 15 is 0 Å². The van der Waals surface area contributed by atoms with Crippen LogP contribution in [0.5, 0.6) is 5.75 Å². The maximum absolute atomic E-state index is 6.13. The molecule has 0 amide bonds. The molecule has 0 saturated heterocycles. The van der Waals surface area contributed by atoms with E-state index in [9.17, 15) is 0 Å². The number of rotatable bonds is 4. The Bertz CT molecular complexity index is 611. The number of hydrogen-bond donors (Lipinski definition) is 1. The minimum Gasteiger partial charge on any atom is -0.489 e. The van der Waals surface area contributed by atoms with Crippen LogP contribution in [0.15, 0.2) is 36.4 Å². The highest BCUT2D eigenvalue weighted by Gasteiger charge is 2.09. The lowest BCUT2D eigenvalue weighted by atomic mass is 10.1. The third kappa shape index (κ3) is 3.66. The summed E-state index contributed by atoms with van der Waals surface area (Å²) in [6.45, 7) is 4.36. The Morgan fingerprint density at radius 1 is 1.15 bits per heavy atom. The zero-order chi connectivity index (χ0) is 14.7. The van der Waals surface area contributed by atoms with Crippen LogP contribution in [-0.4, -0.2) is 0 Å². The average Bonchev–Trinajstić information content (AvgIpc) is 2.38. The van der Waals surface area contributed by atoms with Crippen LogP contribution in [0.3, 0.4) is 0 Å². The molecule has 0 saturated carbocycles. The van der Waals surface area contributed by atoms with E-state index in [1.807, 2.05) is 38.1 Å². The van der Waals surface area contributed by atoms with Gasteiger partial charge in [0.2, 0.25) is 0 Å². The van der Waals surface area contributed by atoms with E-state index in [0.717, 1.165) is 22.4 Å². The molecule has 0 aliphatic rings. The molecule has 2 nitrogen and oxygen atoms in total. The maximum atomic E-state index is 6.13. The molecule has 4 heteroatoms. The summed E-state index contributed by atoms with van der Waals surface area (Å²) in [7, 11) is 0. The van der Waals surface area contributed by atoms with Gasteiger partial charge in [0.25, 0.3) is 0 Å². The maximum Gasteiger partial charge on any atom is 0.124 e. The molecular formula is C16H17Cl2NO. The van der Waals surface area contributed by atoms with Gasteiger partial charge in [-0.15, -0.1) is 0 Å². The largest absolute Gasteiger partial charge is 0.489 e. The molecule has 2 rings (SSSR count). The minimum absolute atomic E-state index is 0.0782. The third-order valence-electron chi connectivity index (χ3n) is 3.05. The Morgan fingerprint density at radius 3 is 2.55 bits per heavy atom. The molecule has 0 spiro atoms. The van der Waals surface area contributed by atoms with Gasteiger partial charge >= 0.3 is 0 Å². The summed E-state index contributed by atoms with van der Waals surface area (Å²) < 4.78 is 5.85. The first-order valence-electron chi connectivity index (χ1n) is 6.40. The molecule has 0 aliphatic carbocycles. The lowest BCUT2D eigenvalue weighted by molar-refractivity contribution is 0.301. The van der Waals surface area contributed by atoms with Gasteiger partial charge in [0, 0.05) is 27.2 Å². The van der Waals surface area contributed by atoms with Crippen molar-refractivity contribution in [3.8, 4) is 5.75 Å². The Balaban J connectivity index is 2.18. The van der Waals surface area contributed by atoms with Crippen molar-refractivity contribution in [1.29, 1.82) is 0 Å². The zero-order valence-corrected chi connectivity index (χ0v) is 13.0. The van der Waals surface area contributed by atoms with E-state index in [1.165, 1.54) is 0 Å². The first-order chi connectivity index (χ1) is 9.47. The van der Waals surface area contributed by atoms with E-state index in [2.05, 4.69) is 0 Å². The van der Waals surface area contributed by atoms with Crippen molar-refractivity contribution in [3.05, 3.63) is 63.1 Å². The van der Waals surface area contributed by atoms with Crippen LogP contribution in [0.2, 0.25) is 10.0 Å². The van der Waals surface area contributed by atoms with Gasteiger partial charge in [-0.2, -0.15) is 0 Å². The highest BCUT2D eigenvalue weighted by Crippen LogP contribution is 2.27. The first kappa shape index (κ1) is 15.2. The molecule has 2 N–H and O–H groups in total. The molecule has 0 bridgehead atoms. The van der Waals surface area contributed by atoms with Crippen LogP contribution in [0, 0.1) is 6.92 Å². The molecule has 0 radical (unpaired) electrons. The second kappa shape index (κ2) is 6.49. The highest BCUT2D eigenvalue weighted by molar-refractivity contribution is 6.35. The van der Waals surface area contributed by atoms with Crippen molar-refractivity contribution >= 4 is 23.2 Å². The molecule has 1 unspecified atom stereocenters. The van der Waals surface area contributed by atoms with E-state index < -0.39 is 0 Å². The first-order valence-corrected chi connectivity index (χ1v) is 7.16. The normalized spacial score (nSPS) is 12.2. The number of halogens is 2. The molecule has 2 aromatic carbocycles. The van der Waals surface area contributed by atoms with Crippen molar-refractivity contribution in [2.24, 2.45) is 5.73 Å². The van der Waals surface area contributed by atoms with Gasteiger partial charge in [-0.3, -0.25) is 0 Å². The molecular weight excluding hydrogens is 293 g/mol. The second-order valence-electron chi connectivity index (χ2n) is 4.85. The van der Waals surface area contributed by atoms with Gasteiger partial charge in [0.1, 0.15) is 12.4 Å². The standard InChI is InChI=1S/C16H17Cl2NO/c1-10-3-6-16(14(7-10)11(2)19)20-9-12-4-5-13(17)8-15(12)18/h3-8,11H,9,19H2,1-2H3. The topological polar surface area (TPSA) is 35.2 Å². The van der Waals surface area contributed by atoms with Gasteiger partial charge in [-0.05, 0) is 32.0 Å². The van der Waals surface area contributed by atoms with Crippen molar-refractivity contribution < 1.29 is 4.74 Å². The number of benzene rings is 2. The third-order valence-corrected chi connectivity index (χ3v) is 3.64. The average molecular weight is 310 g/mol. The molecule has 1 atom stereocenters. The fraction of sp³-hybridized carbons (Fsp3) is 0.250. The lowest BCUT2D eigenvalue weighted by Gasteiger charge is -2.15. The lowest BCUT2D eigenvalue weighted by Crippen LogP contribution is -2.08. The fourth-order valence-electron chi connectivity index (χ4n) is 1.95. The van der Waals surface area contributed by atoms with Crippen molar-refractivity contribution in [3.63, 3.8) is 0 Å². The van der Waals surface area contributed by atoms with Gasteiger partial charge in [0.05, 0.1) is 0 Å². The number of hydrogen-bond acceptors (Lipinski definition) is 2. The molecule has 0 aromatic heterocycles. The van der Waals surface area contributed by atoms with E-state index in [1.54, 1.807) is 12.1 Å². The number of ether oxygens (including phenoxy) is 1. The summed E-state index contributed by atoms with van der Waals surface area (Å²) in [6, 6.07) is 11.3. The SMILES string of the molecule is Cc1ccc(OCc2ccc(Cl)cc2Cl)c(C(C)N)c1. The van der Waals surface area contributed by atoms with Crippen LogP contribution < -0.4 is 10.5 Å². The summed E-state index contributed by atoms with van der Waals surface area (Å²) >= 11 is 12.0. The van der Waals surface area contributed by atoms with Crippen molar-refractivity contribution in [1.82, 2.24) is 0 Å². The molecule has 0 fully saturated rings. The molecule has 106 valence electrons. The molecule has 0 aliphatic heterocycles. The van der Waals surface area contributed by atoms with Crippen LogP contribution >= 0.6 is 23.2 Å². The van der Waals surface area contributed by atoms with Crippen LogP contribution in [-0.2, 0) is 6.61 Å². The van der Waals surface area contributed by atoms with Crippen LogP contribution in [0.25, 0.3) is 0 Å². The van der Waals surface area contributed by atoms with Gasteiger partial charge in [-0.25, -0.2) is 0 Å². The summed E-state index contributed by atoms with van der Waals surface area (Å²) in [5, 5.41) is 1.22. The summed E-state index contributed by atoms with van der Waals surface area (Å²) in [4.78, 5) is 0. The highest BCUT2D eigenvalue weighted by atomic mass is 35.5. The minimum atomic E-state index is -0.0782. The van der Waals surface area contributed by atoms with Crippen molar-refractivity contribution in [2.45, 2.75) is 26.5 Å². The fourth-order valence-corrected chi connectivity index (χ4v) is 2.41. The predicted molar refractivity (Wildman–Crippen MR) is 84.6 cm³/mol. The Labute approximate surface area is 129 Å². The molecule has 0 heterocycles. The second-order valence-corrected chi connectivity index (χ2v) is 5.70. The number of aryl methyl sites for hydroxylation is 1. The van der Waals surface area contributed by atoms with Crippen LogP contribution in [0.4, 0.5) is 0 Å². The van der Waals surface area contributed by atoms with Crippen LogP contribution in [0.1, 0.15) is 29.7 Å². The Hall–Kier alpha value is -1.22. The summed E-state index contributed by atoms with van der Waals surface area (Å²) in [5.41, 5.74) is 9.03. The van der Waals surface area contributed by atoms with Gasteiger partial charge < -0.3 is 10.5 Å². The van der Waals surface area contributed by atoms with E-state index in [-0.39, 0.29) is 6.04 Å². The molecule has 20 heavy (non-hydrogen) atoms. The monoisotopic (exact) mass is 309 g/mol. The predicted octanol–water partition coefficient (Wildman–Crippen LogP) is 4.90. The quantitative estimate of drug-likeness (QED) is 0.871. The zero-order valence-electron chi connectivity index (χ0n) is 11.5. The summed E-state index contributed by atoms with van der Waals surface area (Å²) in [5.74, 6) is 0.789. The summed E-state index contributed by atoms with van der Waals surface area (Å²) in [6.07, 6.45) is 0.